The number of aromatic carboxylic acids is 1. The zero-order chi connectivity index (χ0) is 12.7. The third-order valence-electron chi connectivity index (χ3n) is 2.70. The third kappa shape index (κ3) is 1.78. The van der Waals surface area contributed by atoms with Crippen molar-refractivity contribution in [2.75, 3.05) is 0 Å². The lowest BCUT2D eigenvalue weighted by Gasteiger charge is -1.94. The van der Waals surface area contributed by atoms with E-state index in [-0.39, 0.29) is 5.56 Å². The minimum atomic E-state index is -0.936. The van der Waals surface area contributed by atoms with Crippen LogP contribution in [0, 0.1) is 6.92 Å². The summed E-state index contributed by atoms with van der Waals surface area (Å²) >= 11 is 1.67. The van der Waals surface area contributed by atoms with Crippen molar-refractivity contribution in [3.05, 3.63) is 47.1 Å². The molecule has 0 aliphatic carbocycles. The molecule has 4 nitrogen and oxygen atoms in total. The molecule has 3 aromatic heterocycles. The van der Waals surface area contributed by atoms with Crippen molar-refractivity contribution in [3.8, 4) is 10.6 Å². The lowest BCUT2D eigenvalue weighted by Crippen LogP contribution is -1.96. The molecule has 18 heavy (non-hydrogen) atoms. The minimum Gasteiger partial charge on any atom is -0.478 e. The maximum absolute atomic E-state index is 10.9. The number of hydrogen-bond donors (Lipinski definition) is 1. The van der Waals surface area contributed by atoms with Crippen LogP contribution in [0.3, 0.4) is 0 Å². The van der Waals surface area contributed by atoms with Crippen LogP contribution < -0.4 is 0 Å². The van der Waals surface area contributed by atoms with Gasteiger partial charge in [-0.15, -0.1) is 11.3 Å². The quantitative estimate of drug-likeness (QED) is 0.768. The molecule has 0 bridgehead atoms. The normalized spacial score (nSPS) is 10.9. The minimum absolute atomic E-state index is 0.252. The number of carboxylic acid groups (broad SMARTS) is 1. The van der Waals surface area contributed by atoms with E-state index >= 15 is 0 Å². The molecule has 0 aromatic carbocycles. The number of imidazole rings is 1. The maximum atomic E-state index is 10.9. The van der Waals surface area contributed by atoms with E-state index in [1.54, 1.807) is 29.7 Å². The molecule has 5 heteroatoms. The molecule has 3 aromatic rings. The Labute approximate surface area is 107 Å². The number of pyridine rings is 1. The first kappa shape index (κ1) is 11.0. The molecule has 0 amide bonds. The lowest BCUT2D eigenvalue weighted by atomic mass is 10.3. The highest BCUT2D eigenvalue weighted by Crippen LogP contribution is 2.27. The van der Waals surface area contributed by atoms with Gasteiger partial charge in [0.1, 0.15) is 5.65 Å². The van der Waals surface area contributed by atoms with Crippen molar-refractivity contribution in [1.82, 2.24) is 9.38 Å². The molecule has 1 N–H and O–H groups in total. The summed E-state index contributed by atoms with van der Waals surface area (Å²) < 4.78 is 1.83. The summed E-state index contributed by atoms with van der Waals surface area (Å²) in [4.78, 5) is 17.7. The highest BCUT2D eigenvalue weighted by atomic mass is 32.1. The molecule has 3 rings (SSSR count). The Hall–Kier alpha value is -2.14. The second-order valence-electron chi connectivity index (χ2n) is 4.02. The molecular formula is C13H10N2O2S. The monoisotopic (exact) mass is 258 g/mol. The standard InChI is InChI=1S/C13H10N2O2S/c1-8-2-3-11(18-8)10-7-15-5-4-9(13(16)17)6-12(15)14-10/h2-7H,1H3,(H,16,17). The first-order chi connectivity index (χ1) is 8.63. The summed E-state index contributed by atoms with van der Waals surface area (Å²) in [5.41, 5.74) is 1.77. The smallest absolute Gasteiger partial charge is 0.335 e. The number of fused-ring (bicyclic) bond motifs is 1. The van der Waals surface area contributed by atoms with Gasteiger partial charge in [0, 0.05) is 17.3 Å². The first-order valence-corrected chi connectivity index (χ1v) is 6.24. The summed E-state index contributed by atoms with van der Waals surface area (Å²) in [5.74, 6) is -0.936. The van der Waals surface area contributed by atoms with Crippen LogP contribution in [0.5, 0.6) is 0 Å². The Morgan fingerprint density at radius 2 is 2.22 bits per heavy atom. The average Bonchev–Trinajstić information content (AvgIpc) is 2.93. The van der Waals surface area contributed by atoms with Gasteiger partial charge < -0.3 is 9.51 Å². The predicted octanol–water partition coefficient (Wildman–Crippen LogP) is 3.07. The molecular weight excluding hydrogens is 248 g/mol. The largest absolute Gasteiger partial charge is 0.478 e. The molecule has 0 radical (unpaired) electrons. The molecule has 90 valence electrons. The summed E-state index contributed by atoms with van der Waals surface area (Å²) in [6, 6.07) is 7.22. The molecule has 0 unspecified atom stereocenters. The van der Waals surface area contributed by atoms with E-state index in [9.17, 15) is 4.79 Å². The fourth-order valence-electron chi connectivity index (χ4n) is 1.81. The second kappa shape index (κ2) is 3.96. The Bertz CT molecular complexity index is 742. The van der Waals surface area contributed by atoms with E-state index in [0.717, 1.165) is 10.6 Å². The molecule has 0 saturated carbocycles. The van der Waals surface area contributed by atoms with Gasteiger partial charge in [0.25, 0.3) is 0 Å². The SMILES string of the molecule is Cc1ccc(-c2cn3ccc(C(=O)O)cc3n2)s1. The van der Waals surface area contributed by atoms with E-state index < -0.39 is 5.97 Å². The van der Waals surface area contributed by atoms with Gasteiger partial charge in [-0.25, -0.2) is 9.78 Å². The number of hydrogen-bond acceptors (Lipinski definition) is 3. The topological polar surface area (TPSA) is 54.6 Å². The zero-order valence-electron chi connectivity index (χ0n) is 9.62. The molecule has 3 heterocycles. The van der Waals surface area contributed by atoms with Crippen LogP contribution >= 0.6 is 11.3 Å². The number of nitrogens with zero attached hydrogens (tertiary/aromatic N) is 2. The average molecular weight is 258 g/mol. The Morgan fingerprint density at radius 1 is 1.39 bits per heavy atom. The fraction of sp³-hybridized carbons (Fsp3) is 0.0769. The van der Waals surface area contributed by atoms with Crippen molar-refractivity contribution in [2.45, 2.75) is 6.92 Å². The van der Waals surface area contributed by atoms with Crippen LogP contribution in [0.25, 0.3) is 16.2 Å². The number of rotatable bonds is 2. The Kier molecular flexibility index (Phi) is 2.41. The van der Waals surface area contributed by atoms with E-state index in [2.05, 4.69) is 4.98 Å². The first-order valence-electron chi connectivity index (χ1n) is 5.42. The van der Waals surface area contributed by atoms with E-state index in [1.165, 1.54) is 4.88 Å². The van der Waals surface area contributed by atoms with Gasteiger partial charge >= 0.3 is 5.97 Å². The van der Waals surface area contributed by atoms with Crippen LogP contribution in [0.1, 0.15) is 15.2 Å². The number of carboxylic acids is 1. The molecule has 0 aliphatic rings. The van der Waals surface area contributed by atoms with Gasteiger partial charge in [-0.05, 0) is 31.2 Å². The maximum Gasteiger partial charge on any atom is 0.335 e. The summed E-state index contributed by atoms with van der Waals surface area (Å²) in [5, 5.41) is 8.94. The number of carbonyl (C=O) groups is 1. The van der Waals surface area contributed by atoms with Gasteiger partial charge in [-0.1, -0.05) is 0 Å². The van der Waals surface area contributed by atoms with Crippen molar-refractivity contribution in [2.24, 2.45) is 0 Å². The molecule has 0 aliphatic heterocycles. The summed E-state index contributed by atoms with van der Waals surface area (Å²) in [6.45, 7) is 2.05. The second-order valence-corrected chi connectivity index (χ2v) is 5.31. The zero-order valence-corrected chi connectivity index (χ0v) is 10.4. The molecule has 0 saturated heterocycles. The van der Waals surface area contributed by atoms with Crippen molar-refractivity contribution < 1.29 is 9.90 Å². The fourth-order valence-corrected chi connectivity index (χ4v) is 2.63. The number of thiophene rings is 1. The van der Waals surface area contributed by atoms with Crippen LogP contribution in [0.2, 0.25) is 0 Å². The molecule has 0 spiro atoms. The Balaban J connectivity index is 2.13. The van der Waals surface area contributed by atoms with Crippen molar-refractivity contribution >= 4 is 23.0 Å². The van der Waals surface area contributed by atoms with Gasteiger partial charge in [-0.2, -0.15) is 0 Å². The van der Waals surface area contributed by atoms with Gasteiger partial charge in [-0.3, -0.25) is 0 Å². The molecule has 0 fully saturated rings. The third-order valence-corrected chi connectivity index (χ3v) is 3.72. The van der Waals surface area contributed by atoms with Crippen molar-refractivity contribution in [3.63, 3.8) is 0 Å². The van der Waals surface area contributed by atoms with E-state index in [4.69, 9.17) is 5.11 Å². The highest BCUT2D eigenvalue weighted by Gasteiger charge is 2.09. The van der Waals surface area contributed by atoms with E-state index in [1.807, 2.05) is 29.7 Å². The summed E-state index contributed by atoms with van der Waals surface area (Å²) in [7, 11) is 0. The van der Waals surface area contributed by atoms with Crippen molar-refractivity contribution in [1.29, 1.82) is 0 Å². The van der Waals surface area contributed by atoms with Gasteiger partial charge in [0.05, 0.1) is 16.1 Å². The Morgan fingerprint density at radius 3 is 2.89 bits per heavy atom. The van der Waals surface area contributed by atoms with Gasteiger partial charge in [0.2, 0.25) is 0 Å². The van der Waals surface area contributed by atoms with Gasteiger partial charge in [0.15, 0.2) is 0 Å². The summed E-state index contributed by atoms with van der Waals surface area (Å²) in [6.07, 6.45) is 3.63. The molecule has 0 atom stereocenters. The number of aryl methyl sites for hydroxylation is 1. The highest BCUT2D eigenvalue weighted by molar-refractivity contribution is 7.15. The number of aromatic nitrogens is 2. The van der Waals surface area contributed by atoms with Crippen LogP contribution in [-0.2, 0) is 0 Å². The van der Waals surface area contributed by atoms with Crippen LogP contribution in [0.15, 0.2) is 36.7 Å². The van der Waals surface area contributed by atoms with E-state index in [0.29, 0.717) is 5.65 Å². The van der Waals surface area contributed by atoms with Crippen LogP contribution in [0.4, 0.5) is 0 Å². The predicted molar refractivity (Wildman–Crippen MR) is 70.2 cm³/mol. The lowest BCUT2D eigenvalue weighted by molar-refractivity contribution is 0.0697. The van der Waals surface area contributed by atoms with Crippen LogP contribution in [-0.4, -0.2) is 20.5 Å².